The maximum Gasteiger partial charge on any atom is 0.222 e. The molecule has 6 heteroatoms. The van der Waals surface area contributed by atoms with Crippen LogP contribution in [0, 0.1) is 0 Å². The van der Waals surface area contributed by atoms with Crippen LogP contribution in [0.3, 0.4) is 0 Å². The summed E-state index contributed by atoms with van der Waals surface area (Å²) in [5, 5.41) is 0.504. The molecule has 3 nitrogen and oxygen atoms in total. The summed E-state index contributed by atoms with van der Waals surface area (Å²) in [6.45, 7) is 2.15. The fourth-order valence-corrected chi connectivity index (χ4v) is 2.77. The number of anilines is 1. The van der Waals surface area contributed by atoms with Crippen molar-refractivity contribution in [2.24, 2.45) is 0 Å². The first-order valence-electron chi connectivity index (χ1n) is 5.83. The van der Waals surface area contributed by atoms with Crippen LogP contribution in [0.1, 0.15) is 13.3 Å². The third kappa shape index (κ3) is 3.53. The summed E-state index contributed by atoms with van der Waals surface area (Å²) in [5.41, 5.74) is 7.07. The number of aromatic nitrogens is 2. The van der Waals surface area contributed by atoms with Crippen LogP contribution in [-0.2, 0) is 0 Å². The van der Waals surface area contributed by atoms with Crippen molar-refractivity contribution in [3.63, 3.8) is 0 Å². The van der Waals surface area contributed by atoms with E-state index in [9.17, 15) is 0 Å². The van der Waals surface area contributed by atoms with Crippen LogP contribution in [0.5, 0.6) is 0 Å². The van der Waals surface area contributed by atoms with E-state index in [1.807, 2.05) is 18.2 Å². The normalized spacial score (nSPS) is 10.7. The maximum atomic E-state index is 6.14. The van der Waals surface area contributed by atoms with E-state index in [1.165, 1.54) is 4.90 Å². The Morgan fingerprint density at radius 2 is 2.05 bits per heavy atom. The zero-order chi connectivity index (χ0) is 13.8. The molecule has 2 rings (SSSR count). The largest absolute Gasteiger partial charge is 0.368 e. The van der Waals surface area contributed by atoms with Gasteiger partial charge in [-0.3, -0.25) is 0 Å². The van der Waals surface area contributed by atoms with Gasteiger partial charge in [-0.1, -0.05) is 42.3 Å². The van der Waals surface area contributed by atoms with Gasteiger partial charge in [0.15, 0.2) is 5.15 Å². The van der Waals surface area contributed by atoms with E-state index < -0.39 is 0 Å². The highest BCUT2D eigenvalue weighted by molar-refractivity contribution is 7.99. The number of halogens is 2. The molecule has 1 aromatic heterocycles. The van der Waals surface area contributed by atoms with Gasteiger partial charge < -0.3 is 5.73 Å². The van der Waals surface area contributed by atoms with E-state index in [0.717, 1.165) is 17.7 Å². The average molecular weight is 314 g/mol. The molecule has 0 amide bonds. The number of nitrogens with zero attached hydrogens (tertiary/aromatic N) is 2. The van der Waals surface area contributed by atoms with Gasteiger partial charge in [-0.15, -0.1) is 11.8 Å². The molecule has 2 N–H and O–H groups in total. The zero-order valence-corrected chi connectivity index (χ0v) is 12.7. The number of rotatable bonds is 4. The number of nitrogens with two attached hydrogens (primary N) is 1. The molecule has 0 radical (unpaired) electrons. The first-order chi connectivity index (χ1) is 9.11. The Labute approximate surface area is 126 Å². The summed E-state index contributed by atoms with van der Waals surface area (Å²) in [6.07, 6.45) is 1.13. The standard InChI is InChI=1S/C13H13Cl2N3S/c1-2-6-19-9-5-3-4-8(7-9)11-10(14)12(15)18-13(16)17-11/h3-5,7H,2,6H2,1H3,(H2,16,17,18). The molecule has 0 aliphatic rings. The van der Waals surface area contributed by atoms with E-state index in [1.54, 1.807) is 11.8 Å². The Morgan fingerprint density at radius 1 is 1.26 bits per heavy atom. The molecule has 0 saturated carbocycles. The molecule has 0 saturated heterocycles. The van der Waals surface area contributed by atoms with E-state index in [-0.39, 0.29) is 11.1 Å². The fourth-order valence-electron chi connectivity index (χ4n) is 1.58. The van der Waals surface area contributed by atoms with Crippen LogP contribution in [0.4, 0.5) is 5.95 Å². The monoisotopic (exact) mass is 313 g/mol. The van der Waals surface area contributed by atoms with Crippen LogP contribution in [-0.4, -0.2) is 15.7 Å². The predicted octanol–water partition coefficient (Wildman–Crippen LogP) is 4.53. The Morgan fingerprint density at radius 3 is 2.79 bits per heavy atom. The number of benzene rings is 1. The molecule has 100 valence electrons. The summed E-state index contributed by atoms with van der Waals surface area (Å²) in [4.78, 5) is 9.16. The second-order valence-corrected chi connectivity index (χ2v) is 5.82. The Kier molecular flexibility index (Phi) is 4.91. The summed E-state index contributed by atoms with van der Waals surface area (Å²) in [7, 11) is 0. The molecule has 0 unspecified atom stereocenters. The van der Waals surface area contributed by atoms with Crippen molar-refractivity contribution < 1.29 is 0 Å². The minimum atomic E-state index is 0.121. The second-order valence-electron chi connectivity index (χ2n) is 3.91. The molecule has 1 aromatic carbocycles. The lowest BCUT2D eigenvalue weighted by Gasteiger charge is -2.07. The fraction of sp³-hybridized carbons (Fsp3) is 0.231. The van der Waals surface area contributed by atoms with Crippen LogP contribution in [0.2, 0.25) is 10.2 Å². The number of hydrogen-bond donors (Lipinski definition) is 1. The van der Waals surface area contributed by atoms with E-state index in [0.29, 0.717) is 10.7 Å². The summed E-state index contributed by atoms with van der Waals surface area (Å²) >= 11 is 13.9. The SMILES string of the molecule is CCCSc1cccc(-c2nc(N)nc(Cl)c2Cl)c1. The van der Waals surface area contributed by atoms with E-state index in [2.05, 4.69) is 23.0 Å². The molecule has 0 fully saturated rings. The minimum absolute atomic E-state index is 0.121. The molecule has 0 atom stereocenters. The third-order valence-corrected chi connectivity index (χ3v) is 4.34. The molecule has 0 aliphatic carbocycles. The van der Waals surface area contributed by atoms with Gasteiger partial charge in [0.25, 0.3) is 0 Å². The van der Waals surface area contributed by atoms with Crippen LogP contribution >= 0.6 is 35.0 Å². The molecule has 0 bridgehead atoms. The Hall–Kier alpha value is -0.970. The molecule has 0 spiro atoms. The maximum absolute atomic E-state index is 6.14. The van der Waals surface area contributed by atoms with Crippen molar-refractivity contribution in [2.75, 3.05) is 11.5 Å². The van der Waals surface area contributed by atoms with E-state index in [4.69, 9.17) is 28.9 Å². The quantitative estimate of drug-likeness (QED) is 0.665. The molecule has 19 heavy (non-hydrogen) atoms. The van der Waals surface area contributed by atoms with Crippen molar-refractivity contribution in [3.8, 4) is 11.3 Å². The highest BCUT2D eigenvalue weighted by Crippen LogP contribution is 2.33. The number of thioether (sulfide) groups is 1. The van der Waals surface area contributed by atoms with Crippen molar-refractivity contribution in [3.05, 3.63) is 34.4 Å². The molecule has 2 aromatic rings. The molecule has 1 heterocycles. The number of nitrogen functional groups attached to an aromatic ring is 1. The molecular formula is C13H13Cl2N3S. The minimum Gasteiger partial charge on any atom is -0.368 e. The van der Waals surface area contributed by atoms with Crippen LogP contribution in [0.25, 0.3) is 11.3 Å². The molecule has 0 aliphatic heterocycles. The predicted molar refractivity (Wildman–Crippen MR) is 82.9 cm³/mol. The van der Waals surface area contributed by atoms with Crippen molar-refractivity contribution in [1.29, 1.82) is 0 Å². The first kappa shape index (κ1) is 14.4. The van der Waals surface area contributed by atoms with Crippen LogP contribution < -0.4 is 5.73 Å². The van der Waals surface area contributed by atoms with E-state index >= 15 is 0 Å². The average Bonchev–Trinajstić information content (AvgIpc) is 2.41. The van der Waals surface area contributed by atoms with Gasteiger partial charge >= 0.3 is 0 Å². The summed E-state index contributed by atoms with van der Waals surface area (Å²) in [5.74, 6) is 1.19. The van der Waals surface area contributed by atoms with Crippen molar-refractivity contribution in [2.45, 2.75) is 18.2 Å². The lowest BCUT2D eigenvalue weighted by Crippen LogP contribution is -1.98. The third-order valence-electron chi connectivity index (χ3n) is 2.41. The second kappa shape index (κ2) is 6.46. The highest BCUT2D eigenvalue weighted by Gasteiger charge is 2.12. The number of hydrogen-bond acceptors (Lipinski definition) is 4. The van der Waals surface area contributed by atoms with Gasteiger partial charge in [0, 0.05) is 10.5 Å². The highest BCUT2D eigenvalue weighted by atomic mass is 35.5. The van der Waals surface area contributed by atoms with Crippen molar-refractivity contribution >= 4 is 40.9 Å². The van der Waals surface area contributed by atoms with Gasteiger partial charge in [0.2, 0.25) is 5.95 Å². The lowest BCUT2D eigenvalue weighted by atomic mass is 10.1. The Balaban J connectivity index is 2.41. The summed E-state index contributed by atoms with van der Waals surface area (Å²) < 4.78 is 0. The smallest absolute Gasteiger partial charge is 0.222 e. The summed E-state index contributed by atoms with van der Waals surface area (Å²) in [6, 6.07) is 7.99. The lowest BCUT2D eigenvalue weighted by molar-refractivity contribution is 1.10. The van der Waals surface area contributed by atoms with Gasteiger partial charge in [-0.25, -0.2) is 4.98 Å². The van der Waals surface area contributed by atoms with Gasteiger partial charge in [0.1, 0.15) is 5.02 Å². The first-order valence-corrected chi connectivity index (χ1v) is 7.57. The van der Waals surface area contributed by atoms with Crippen molar-refractivity contribution in [1.82, 2.24) is 9.97 Å². The topological polar surface area (TPSA) is 51.8 Å². The zero-order valence-electron chi connectivity index (χ0n) is 10.4. The molecular weight excluding hydrogens is 301 g/mol. The Bertz CT molecular complexity index is 590. The van der Waals surface area contributed by atoms with Crippen LogP contribution in [0.15, 0.2) is 29.2 Å². The van der Waals surface area contributed by atoms with Gasteiger partial charge in [-0.2, -0.15) is 4.98 Å². The van der Waals surface area contributed by atoms with Gasteiger partial charge in [0.05, 0.1) is 5.69 Å². The van der Waals surface area contributed by atoms with Gasteiger partial charge in [-0.05, 0) is 24.3 Å².